The molecule has 0 bridgehead atoms. The van der Waals surface area contributed by atoms with Gasteiger partial charge in [0.05, 0.1) is 31.9 Å². The molecule has 1 unspecified atom stereocenters. The molecule has 3 rings (SSSR count). The summed E-state index contributed by atoms with van der Waals surface area (Å²) in [6.45, 7) is 3.04. The van der Waals surface area contributed by atoms with Crippen LogP contribution >= 0.6 is 11.8 Å². The average Bonchev–Trinajstić information content (AvgIpc) is 2.78. The Morgan fingerprint density at radius 3 is 2.91 bits per heavy atom. The number of aliphatic carboxylic acids is 1. The Morgan fingerprint density at radius 1 is 1.55 bits per heavy atom. The maximum absolute atomic E-state index is 11.7. The maximum Gasteiger partial charge on any atom is 0.352 e. The molecule has 2 saturated heterocycles. The molecule has 2 fully saturated rings. The van der Waals surface area contributed by atoms with Gasteiger partial charge in [-0.2, -0.15) is 5.01 Å². The molecule has 1 N–H and O–H groups in total. The molecule has 2 atom stereocenters. The molecule has 0 aromatic rings. The lowest BCUT2D eigenvalue weighted by molar-refractivity contribution is -0.997. The number of hydrogen-bond donors (Lipinski definition) is 1. The van der Waals surface area contributed by atoms with Crippen molar-refractivity contribution in [3.05, 3.63) is 23.4 Å². The third-order valence-corrected chi connectivity index (χ3v) is 6.09. The minimum atomic E-state index is -1.00. The molecule has 3 heterocycles. The molecule has 0 radical (unpaired) electrons. The van der Waals surface area contributed by atoms with Crippen LogP contribution in [0.4, 0.5) is 0 Å². The van der Waals surface area contributed by atoms with Crippen LogP contribution in [0, 0.1) is 0 Å². The number of carbonyl (C=O) groups is 2. The number of carboxylic acid groups (broad SMARTS) is 1. The van der Waals surface area contributed by atoms with E-state index in [1.165, 1.54) is 11.3 Å². The number of rotatable bonds is 4. The first-order valence-electron chi connectivity index (χ1n) is 7.55. The van der Waals surface area contributed by atoms with Crippen LogP contribution in [-0.4, -0.2) is 76.3 Å². The fourth-order valence-electron chi connectivity index (χ4n) is 3.27. The summed E-state index contributed by atoms with van der Waals surface area (Å²) in [6, 6.07) is 0. The third-order valence-electron chi connectivity index (χ3n) is 4.85. The molecular formula is C15H22N3O3S+. The predicted octanol–water partition coefficient (Wildman–Crippen LogP) is 0.884. The summed E-state index contributed by atoms with van der Waals surface area (Å²) in [4.78, 5) is 24.6. The van der Waals surface area contributed by atoms with E-state index in [1.807, 2.05) is 12.2 Å². The van der Waals surface area contributed by atoms with Gasteiger partial charge in [0.15, 0.2) is 0 Å². The Kier molecular flexibility index (Phi) is 4.05. The van der Waals surface area contributed by atoms with Crippen molar-refractivity contribution in [3.63, 3.8) is 0 Å². The van der Waals surface area contributed by atoms with Crippen LogP contribution in [0.2, 0.25) is 0 Å². The molecule has 120 valence electrons. The van der Waals surface area contributed by atoms with Crippen molar-refractivity contribution in [2.45, 2.75) is 18.2 Å². The van der Waals surface area contributed by atoms with Crippen molar-refractivity contribution < 1.29 is 19.3 Å². The van der Waals surface area contributed by atoms with Gasteiger partial charge in [-0.05, 0) is 11.6 Å². The van der Waals surface area contributed by atoms with E-state index in [2.05, 4.69) is 19.1 Å². The first-order valence-corrected chi connectivity index (χ1v) is 8.60. The van der Waals surface area contributed by atoms with Gasteiger partial charge in [0.25, 0.3) is 0 Å². The average molecular weight is 324 g/mol. The van der Waals surface area contributed by atoms with Crippen LogP contribution in [0.25, 0.3) is 0 Å². The summed E-state index contributed by atoms with van der Waals surface area (Å²) in [7, 11) is 4.30. The van der Waals surface area contributed by atoms with Crippen molar-refractivity contribution in [2.24, 2.45) is 0 Å². The minimum Gasteiger partial charge on any atom is -0.477 e. The highest BCUT2D eigenvalue weighted by atomic mass is 32.2. The maximum atomic E-state index is 11.7. The van der Waals surface area contributed by atoms with E-state index in [0.717, 1.165) is 29.8 Å². The summed E-state index contributed by atoms with van der Waals surface area (Å²) < 4.78 is 0.852. The number of nitrogens with zero attached hydrogens (tertiary/aromatic N) is 3. The Labute approximate surface area is 134 Å². The second-order valence-corrected chi connectivity index (χ2v) is 7.46. The van der Waals surface area contributed by atoms with Crippen molar-refractivity contribution in [2.75, 3.05) is 39.5 Å². The van der Waals surface area contributed by atoms with E-state index < -0.39 is 5.97 Å². The molecule has 7 heteroatoms. The lowest BCUT2D eigenvalue weighted by Gasteiger charge is -2.43. The van der Waals surface area contributed by atoms with E-state index in [-0.39, 0.29) is 17.0 Å². The summed E-state index contributed by atoms with van der Waals surface area (Å²) in [5.74, 6) is -0.429. The van der Waals surface area contributed by atoms with Crippen molar-refractivity contribution in [3.8, 4) is 0 Å². The Morgan fingerprint density at radius 2 is 2.32 bits per heavy atom. The lowest BCUT2D eigenvalue weighted by Crippen LogP contribution is -2.53. The Bertz CT molecular complexity index is 574. The molecule has 0 aromatic heterocycles. The normalized spacial score (nSPS) is 32.5. The molecule has 0 saturated carbocycles. The monoisotopic (exact) mass is 324 g/mol. The topological polar surface area (TPSA) is 60.9 Å². The molecular weight excluding hydrogens is 302 g/mol. The number of thioether (sulfide) groups is 1. The molecule has 22 heavy (non-hydrogen) atoms. The zero-order valence-corrected chi connectivity index (χ0v) is 13.8. The van der Waals surface area contributed by atoms with Gasteiger partial charge in [-0.25, -0.2) is 9.39 Å². The third kappa shape index (κ3) is 2.57. The molecule has 6 nitrogen and oxygen atoms in total. The van der Waals surface area contributed by atoms with E-state index in [4.69, 9.17) is 0 Å². The number of quaternary nitrogens is 1. The van der Waals surface area contributed by atoms with E-state index >= 15 is 0 Å². The number of fused-ring (bicyclic) bond motifs is 1. The number of likely N-dealkylation sites (N-methyl/N-ethyl adjacent to an activating group) is 1. The van der Waals surface area contributed by atoms with Gasteiger partial charge in [-0.15, -0.1) is 11.8 Å². The van der Waals surface area contributed by atoms with Crippen molar-refractivity contribution in [1.29, 1.82) is 0 Å². The number of carbonyl (C=O) groups excluding carboxylic acids is 1. The first kappa shape index (κ1) is 15.6. The predicted molar refractivity (Wildman–Crippen MR) is 84.7 cm³/mol. The summed E-state index contributed by atoms with van der Waals surface area (Å²) in [5, 5.41) is 11.8. The van der Waals surface area contributed by atoms with Crippen LogP contribution in [0.15, 0.2) is 23.4 Å². The molecule has 3 aliphatic heterocycles. The van der Waals surface area contributed by atoms with E-state index in [0.29, 0.717) is 12.2 Å². The van der Waals surface area contributed by atoms with Gasteiger partial charge < -0.3 is 5.11 Å². The van der Waals surface area contributed by atoms with Crippen LogP contribution in [0.5, 0.6) is 0 Å². The second kappa shape index (κ2) is 5.72. The molecule has 0 spiro atoms. The number of allylic oxidation sites excluding steroid dienone is 1. The van der Waals surface area contributed by atoms with E-state index in [1.54, 1.807) is 11.8 Å². The van der Waals surface area contributed by atoms with Gasteiger partial charge in [-0.1, -0.05) is 6.08 Å². The van der Waals surface area contributed by atoms with Crippen LogP contribution in [0.1, 0.15) is 12.8 Å². The van der Waals surface area contributed by atoms with Gasteiger partial charge in [0.2, 0.25) is 5.91 Å². The molecule has 0 aromatic carbocycles. The van der Waals surface area contributed by atoms with Crippen LogP contribution < -0.4 is 0 Å². The smallest absolute Gasteiger partial charge is 0.352 e. The first-order chi connectivity index (χ1) is 10.4. The molecule has 0 aliphatic carbocycles. The number of β-lactam (4-membered cyclic amide) rings is 1. The largest absolute Gasteiger partial charge is 0.477 e. The zero-order valence-electron chi connectivity index (χ0n) is 13.0. The van der Waals surface area contributed by atoms with Crippen molar-refractivity contribution in [1.82, 2.24) is 9.91 Å². The highest BCUT2D eigenvalue weighted by molar-refractivity contribution is 8.00. The fraction of sp³-hybridized carbons (Fsp3) is 0.600. The quantitative estimate of drug-likeness (QED) is 0.614. The van der Waals surface area contributed by atoms with Gasteiger partial charge >= 0.3 is 5.97 Å². The SMILES string of the molecule is CN1CCC[N+]1(C)C/C=C/C1=C(C(=O)O)N2C(=O)C[C@H]2SC1. The second-order valence-electron chi connectivity index (χ2n) is 6.29. The standard InChI is InChI=1S/C15H21N3O3S/c1-16-6-4-8-18(16,2)7-3-5-11-10-22-13-9-12(19)17(13)14(11)15(20)21/h3,5,13H,4,6-10H2,1-2H3/p+1/b5-3+/t13-,18?/m1/s1. The Hall–Kier alpha value is -1.31. The fourth-order valence-corrected chi connectivity index (χ4v) is 4.51. The van der Waals surface area contributed by atoms with Gasteiger partial charge in [0, 0.05) is 19.2 Å². The summed E-state index contributed by atoms with van der Waals surface area (Å²) in [6.07, 6.45) is 5.58. The molecule has 3 aliphatic rings. The lowest BCUT2D eigenvalue weighted by atomic mass is 10.1. The summed E-state index contributed by atoms with van der Waals surface area (Å²) in [5.41, 5.74) is 0.920. The summed E-state index contributed by atoms with van der Waals surface area (Å²) >= 11 is 1.65. The van der Waals surface area contributed by atoms with Crippen LogP contribution in [-0.2, 0) is 9.59 Å². The Balaban J connectivity index is 1.77. The highest BCUT2D eigenvalue weighted by Crippen LogP contribution is 2.40. The van der Waals surface area contributed by atoms with Crippen molar-refractivity contribution >= 4 is 23.6 Å². The van der Waals surface area contributed by atoms with Gasteiger partial charge in [-0.3, -0.25) is 9.69 Å². The number of hydrogen-bond acceptors (Lipinski definition) is 4. The van der Waals surface area contributed by atoms with Gasteiger partial charge in [0.1, 0.15) is 12.2 Å². The molecule has 1 amide bonds. The number of carboxylic acids is 1. The van der Waals surface area contributed by atoms with Crippen LogP contribution in [0.3, 0.4) is 0 Å². The zero-order chi connectivity index (χ0) is 15.9. The minimum absolute atomic E-state index is 0.0185. The van der Waals surface area contributed by atoms with E-state index in [9.17, 15) is 14.7 Å². The highest BCUT2D eigenvalue weighted by Gasteiger charge is 2.44. The number of amides is 1.